The minimum absolute atomic E-state index is 0.767. The van der Waals surface area contributed by atoms with Crippen molar-refractivity contribution in [2.45, 2.75) is 13.8 Å². The summed E-state index contributed by atoms with van der Waals surface area (Å²) in [5.74, 6) is 0. The number of hydrogen-bond acceptors (Lipinski definition) is 1. The van der Waals surface area contributed by atoms with Gasteiger partial charge in [0.05, 0.1) is 0 Å². The van der Waals surface area contributed by atoms with Crippen LogP contribution in [0.5, 0.6) is 0 Å². The maximum atomic E-state index is 5.70. The standard InChI is InChI=1S/C8H10BN/c1-5-3-4-7(10)6(2)8(5)9/h3-4H,10H2,1-2H3. The molecule has 0 saturated carbocycles. The van der Waals surface area contributed by atoms with Crippen molar-refractivity contribution < 1.29 is 0 Å². The molecule has 1 aromatic rings. The molecule has 2 radical (unpaired) electrons. The molecule has 0 saturated heterocycles. The fourth-order valence-corrected chi connectivity index (χ4v) is 0.881. The van der Waals surface area contributed by atoms with E-state index in [9.17, 15) is 0 Å². The van der Waals surface area contributed by atoms with Crippen LogP contribution >= 0.6 is 0 Å². The van der Waals surface area contributed by atoms with E-state index in [2.05, 4.69) is 0 Å². The lowest BCUT2D eigenvalue weighted by Gasteiger charge is -2.06. The largest absolute Gasteiger partial charge is 0.399 e. The average molecular weight is 131 g/mol. The third-order valence-corrected chi connectivity index (χ3v) is 1.77. The Morgan fingerprint density at radius 3 is 2.40 bits per heavy atom. The van der Waals surface area contributed by atoms with Crippen molar-refractivity contribution in [3.8, 4) is 0 Å². The van der Waals surface area contributed by atoms with Crippen LogP contribution in [0.1, 0.15) is 11.1 Å². The van der Waals surface area contributed by atoms with Crippen LogP contribution in [-0.2, 0) is 0 Å². The Morgan fingerprint density at radius 1 is 1.30 bits per heavy atom. The molecule has 0 aliphatic rings. The van der Waals surface area contributed by atoms with E-state index in [1.54, 1.807) is 0 Å². The molecule has 0 bridgehead atoms. The van der Waals surface area contributed by atoms with Gasteiger partial charge in [-0.2, -0.15) is 0 Å². The van der Waals surface area contributed by atoms with Crippen LogP contribution in [-0.4, -0.2) is 7.85 Å². The minimum Gasteiger partial charge on any atom is -0.399 e. The van der Waals surface area contributed by atoms with Crippen molar-refractivity contribution in [3.05, 3.63) is 23.3 Å². The van der Waals surface area contributed by atoms with Crippen LogP contribution in [0.3, 0.4) is 0 Å². The summed E-state index contributed by atoms with van der Waals surface area (Å²) < 4.78 is 0. The molecule has 1 aromatic carbocycles. The van der Waals surface area contributed by atoms with Gasteiger partial charge in [0.1, 0.15) is 7.85 Å². The van der Waals surface area contributed by atoms with Crippen molar-refractivity contribution in [3.63, 3.8) is 0 Å². The number of aryl methyl sites for hydroxylation is 1. The number of nitrogen functional groups attached to an aromatic ring is 1. The van der Waals surface area contributed by atoms with Gasteiger partial charge in [0.15, 0.2) is 0 Å². The first kappa shape index (κ1) is 7.20. The second-order valence-electron chi connectivity index (χ2n) is 2.51. The van der Waals surface area contributed by atoms with E-state index >= 15 is 0 Å². The third kappa shape index (κ3) is 1.01. The predicted molar refractivity (Wildman–Crippen MR) is 45.7 cm³/mol. The zero-order valence-corrected chi connectivity index (χ0v) is 6.31. The van der Waals surface area contributed by atoms with Gasteiger partial charge in [0.2, 0.25) is 0 Å². The van der Waals surface area contributed by atoms with Gasteiger partial charge >= 0.3 is 0 Å². The van der Waals surface area contributed by atoms with E-state index in [-0.39, 0.29) is 0 Å². The van der Waals surface area contributed by atoms with Gasteiger partial charge in [0.25, 0.3) is 0 Å². The zero-order valence-electron chi connectivity index (χ0n) is 6.31. The number of rotatable bonds is 0. The molecule has 0 spiro atoms. The average Bonchev–Trinajstić information content (AvgIpc) is 1.93. The Hall–Kier alpha value is -0.915. The maximum absolute atomic E-state index is 5.70. The Morgan fingerprint density at radius 2 is 1.90 bits per heavy atom. The molecule has 2 heteroatoms. The van der Waals surface area contributed by atoms with Crippen LogP contribution in [0.4, 0.5) is 5.69 Å². The first-order chi connectivity index (χ1) is 4.63. The third-order valence-electron chi connectivity index (χ3n) is 1.77. The van der Waals surface area contributed by atoms with Crippen molar-refractivity contribution in [2.75, 3.05) is 5.73 Å². The van der Waals surface area contributed by atoms with Crippen molar-refractivity contribution in [1.82, 2.24) is 0 Å². The van der Waals surface area contributed by atoms with E-state index in [4.69, 9.17) is 13.6 Å². The number of anilines is 1. The van der Waals surface area contributed by atoms with Crippen LogP contribution in [0.2, 0.25) is 0 Å². The quantitative estimate of drug-likeness (QED) is 0.406. The Balaban J connectivity index is 3.34. The summed E-state index contributed by atoms with van der Waals surface area (Å²) in [7, 11) is 5.70. The molecule has 0 aliphatic heterocycles. The number of benzene rings is 1. The Kier molecular flexibility index (Phi) is 1.71. The van der Waals surface area contributed by atoms with Crippen LogP contribution in [0.15, 0.2) is 12.1 Å². The van der Waals surface area contributed by atoms with E-state index < -0.39 is 0 Å². The summed E-state index contributed by atoms with van der Waals surface area (Å²) in [6.45, 7) is 3.90. The van der Waals surface area contributed by atoms with Gasteiger partial charge in [-0.1, -0.05) is 17.1 Å². The van der Waals surface area contributed by atoms with Crippen molar-refractivity contribution >= 4 is 19.0 Å². The second-order valence-corrected chi connectivity index (χ2v) is 2.51. The summed E-state index contributed by atoms with van der Waals surface area (Å²) in [4.78, 5) is 0. The molecule has 0 aromatic heterocycles. The van der Waals surface area contributed by atoms with Crippen LogP contribution < -0.4 is 11.2 Å². The summed E-state index contributed by atoms with van der Waals surface area (Å²) in [5.41, 5.74) is 9.26. The lowest BCUT2D eigenvalue weighted by molar-refractivity contribution is 1.43. The SMILES string of the molecule is [B]c1c(C)ccc(N)c1C. The molecule has 0 heterocycles. The van der Waals surface area contributed by atoms with Crippen molar-refractivity contribution in [1.29, 1.82) is 0 Å². The van der Waals surface area contributed by atoms with Gasteiger partial charge in [-0.3, -0.25) is 0 Å². The molecule has 1 nitrogen and oxygen atoms in total. The number of nitrogens with two attached hydrogens (primary N) is 1. The topological polar surface area (TPSA) is 26.0 Å². The lowest BCUT2D eigenvalue weighted by atomic mass is 9.86. The highest BCUT2D eigenvalue weighted by atomic mass is 14.5. The van der Waals surface area contributed by atoms with E-state index in [0.29, 0.717) is 0 Å². The second kappa shape index (κ2) is 2.37. The van der Waals surface area contributed by atoms with E-state index in [1.807, 2.05) is 26.0 Å². The Labute approximate surface area is 62.7 Å². The monoisotopic (exact) mass is 131 g/mol. The molecular formula is C8H10BN. The van der Waals surface area contributed by atoms with Gasteiger partial charge in [-0.05, 0) is 25.5 Å². The van der Waals surface area contributed by atoms with Gasteiger partial charge in [0, 0.05) is 5.69 Å². The normalized spacial score (nSPS) is 9.80. The first-order valence-electron chi connectivity index (χ1n) is 3.24. The molecule has 1 rings (SSSR count). The highest BCUT2D eigenvalue weighted by molar-refractivity contribution is 6.34. The maximum Gasteiger partial charge on any atom is 0.114 e. The van der Waals surface area contributed by atoms with Crippen LogP contribution in [0.25, 0.3) is 0 Å². The fraction of sp³-hybridized carbons (Fsp3) is 0.250. The molecule has 50 valence electrons. The van der Waals surface area contributed by atoms with Gasteiger partial charge in [-0.15, -0.1) is 0 Å². The predicted octanol–water partition coefficient (Wildman–Crippen LogP) is 0.679. The van der Waals surface area contributed by atoms with E-state index in [1.165, 1.54) is 0 Å². The molecule has 0 atom stereocenters. The smallest absolute Gasteiger partial charge is 0.114 e. The molecular weight excluding hydrogens is 121 g/mol. The molecule has 0 amide bonds. The van der Waals surface area contributed by atoms with Crippen LogP contribution in [0, 0.1) is 13.8 Å². The van der Waals surface area contributed by atoms with Gasteiger partial charge < -0.3 is 5.73 Å². The highest BCUT2D eigenvalue weighted by Gasteiger charge is 1.97. The van der Waals surface area contributed by atoms with E-state index in [0.717, 1.165) is 22.3 Å². The molecule has 0 aliphatic carbocycles. The zero-order chi connectivity index (χ0) is 7.72. The fourth-order valence-electron chi connectivity index (χ4n) is 0.881. The summed E-state index contributed by atoms with van der Waals surface area (Å²) >= 11 is 0. The van der Waals surface area contributed by atoms with Crippen molar-refractivity contribution in [2.24, 2.45) is 0 Å². The minimum atomic E-state index is 0.767. The highest BCUT2D eigenvalue weighted by Crippen LogP contribution is 2.07. The lowest BCUT2D eigenvalue weighted by Crippen LogP contribution is -2.13. The summed E-state index contributed by atoms with van der Waals surface area (Å²) in [5, 5.41) is 0. The Bertz CT molecular complexity index is 229. The molecule has 2 N–H and O–H groups in total. The number of hydrogen-bond donors (Lipinski definition) is 1. The van der Waals surface area contributed by atoms with Gasteiger partial charge in [-0.25, -0.2) is 0 Å². The molecule has 0 fully saturated rings. The molecule has 10 heavy (non-hydrogen) atoms. The molecule has 0 unspecified atom stereocenters. The summed E-state index contributed by atoms with van der Waals surface area (Å²) in [6.07, 6.45) is 0. The first-order valence-corrected chi connectivity index (χ1v) is 3.24. The summed E-state index contributed by atoms with van der Waals surface area (Å²) in [6, 6.07) is 3.80.